The maximum Gasteiger partial charge on any atom is 0.435 e. The lowest BCUT2D eigenvalue weighted by molar-refractivity contribution is -0.275. The third kappa shape index (κ3) is 6.05. The van der Waals surface area contributed by atoms with E-state index in [-0.39, 0.29) is 27.4 Å². The molecule has 2 amide bonds. The molecule has 6 nitrogen and oxygen atoms in total. The van der Waals surface area contributed by atoms with Gasteiger partial charge < -0.3 is 15.5 Å². The van der Waals surface area contributed by atoms with Crippen molar-refractivity contribution in [3.63, 3.8) is 0 Å². The molecule has 13 heteroatoms. The lowest BCUT2D eigenvalue weighted by atomic mass is 9.86. The summed E-state index contributed by atoms with van der Waals surface area (Å²) in [6.45, 7) is -0.717. The monoisotopic (exact) mass is 521 g/mol. The van der Waals surface area contributed by atoms with Gasteiger partial charge in [0.1, 0.15) is 6.54 Å². The fourth-order valence-corrected chi connectivity index (χ4v) is 3.60. The first-order valence-electron chi connectivity index (χ1n) is 10.0. The Bertz CT molecular complexity index is 1170. The number of halogens is 7. The maximum atomic E-state index is 14.1. The van der Waals surface area contributed by atoms with Crippen LogP contribution in [-0.2, 0) is 15.2 Å². The van der Waals surface area contributed by atoms with E-state index in [0.29, 0.717) is 5.56 Å². The molecule has 0 radical (unpaired) electrons. The SMILES string of the molecule is Cc1cc(C2=NOC(c3cccc(Cl)c3)(C(F)(F)F)C2)ccc1C(=O)NCC(=O)NCC(F)(F)F. The highest BCUT2D eigenvalue weighted by Crippen LogP contribution is 2.49. The molecule has 35 heavy (non-hydrogen) atoms. The first-order valence-corrected chi connectivity index (χ1v) is 10.4. The second-order valence-electron chi connectivity index (χ2n) is 7.75. The van der Waals surface area contributed by atoms with Gasteiger partial charge in [0.15, 0.2) is 0 Å². The number of benzene rings is 2. The molecule has 2 aromatic carbocycles. The predicted octanol–water partition coefficient (Wildman–Crippen LogP) is 4.64. The molecule has 1 aliphatic heterocycles. The van der Waals surface area contributed by atoms with Crippen LogP contribution < -0.4 is 10.6 Å². The Morgan fingerprint density at radius 3 is 2.40 bits per heavy atom. The lowest BCUT2D eigenvalue weighted by Crippen LogP contribution is -2.42. The molecule has 188 valence electrons. The van der Waals surface area contributed by atoms with Gasteiger partial charge in [-0.2, -0.15) is 26.3 Å². The molecule has 2 N–H and O–H groups in total. The van der Waals surface area contributed by atoms with Crippen LogP contribution in [0.2, 0.25) is 5.02 Å². The van der Waals surface area contributed by atoms with E-state index in [0.717, 1.165) is 6.07 Å². The Kier molecular flexibility index (Phi) is 7.34. The predicted molar refractivity (Wildman–Crippen MR) is 114 cm³/mol. The Morgan fingerprint density at radius 2 is 1.80 bits per heavy atom. The van der Waals surface area contributed by atoms with E-state index in [1.807, 2.05) is 0 Å². The third-order valence-corrected chi connectivity index (χ3v) is 5.41. The molecule has 0 aromatic heterocycles. The second kappa shape index (κ2) is 9.76. The van der Waals surface area contributed by atoms with Crippen LogP contribution in [0, 0.1) is 6.92 Å². The molecular formula is C22H18ClF6N3O3. The average Bonchev–Trinajstić information content (AvgIpc) is 3.22. The molecule has 0 spiro atoms. The fraction of sp³-hybridized carbons (Fsp3) is 0.318. The van der Waals surface area contributed by atoms with Crippen LogP contribution in [-0.4, -0.2) is 43.0 Å². The van der Waals surface area contributed by atoms with Crippen LogP contribution in [0.1, 0.15) is 33.5 Å². The van der Waals surface area contributed by atoms with Gasteiger partial charge in [-0.15, -0.1) is 0 Å². The smallest absolute Gasteiger partial charge is 0.374 e. The molecule has 3 rings (SSSR count). The zero-order valence-electron chi connectivity index (χ0n) is 18.0. The van der Waals surface area contributed by atoms with Gasteiger partial charge in [0.2, 0.25) is 5.91 Å². The number of amides is 2. The summed E-state index contributed by atoms with van der Waals surface area (Å²) in [6, 6.07) is 9.28. The third-order valence-electron chi connectivity index (χ3n) is 5.18. The van der Waals surface area contributed by atoms with Crippen LogP contribution in [0.15, 0.2) is 47.6 Å². The van der Waals surface area contributed by atoms with E-state index < -0.39 is 49.3 Å². The van der Waals surface area contributed by atoms with Crippen LogP contribution in [0.4, 0.5) is 26.3 Å². The maximum absolute atomic E-state index is 14.1. The van der Waals surface area contributed by atoms with Crippen molar-refractivity contribution in [2.24, 2.45) is 5.16 Å². The van der Waals surface area contributed by atoms with Gasteiger partial charge in [-0.3, -0.25) is 9.59 Å². The van der Waals surface area contributed by atoms with E-state index in [2.05, 4.69) is 10.5 Å². The van der Waals surface area contributed by atoms with E-state index in [1.54, 1.807) is 5.32 Å². The Labute approximate surface area is 200 Å². The topological polar surface area (TPSA) is 79.8 Å². The largest absolute Gasteiger partial charge is 0.435 e. The fourth-order valence-electron chi connectivity index (χ4n) is 3.41. The van der Waals surface area contributed by atoms with Crippen molar-refractivity contribution in [1.82, 2.24) is 10.6 Å². The molecule has 1 unspecified atom stereocenters. The summed E-state index contributed by atoms with van der Waals surface area (Å²) < 4.78 is 78.6. The summed E-state index contributed by atoms with van der Waals surface area (Å²) in [4.78, 5) is 28.7. The van der Waals surface area contributed by atoms with Gasteiger partial charge in [0.05, 0.1) is 12.3 Å². The number of hydrogen-bond donors (Lipinski definition) is 2. The Balaban J connectivity index is 1.73. The minimum atomic E-state index is -4.81. The van der Waals surface area contributed by atoms with Crippen molar-refractivity contribution < 1.29 is 40.8 Å². The average molecular weight is 522 g/mol. The molecule has 0 saturated carbocycles. The van der Waals surface area contributed by atoms with Crippen molar-refractivity contribution in [3.05, 3.63) is 69.7 Å². The zero-order chi connectivity index (χ0) is 26.0. The van der Waals surface area contributed by atoms with Gasteiger partial charge >= 0.3 is 12.4 Å². The Hall–Kier alpha value is -3.28. The number of nitrogens with zero attached hydrogens (tertiary/aromatic N) is 1. The highest BCUT2D eigenvalue weighted by molar-refractivity contribution is 6.30. The van der Waals surface area contributed by atoms with Crippen LogP contribution in [0.5, 0.6) is 0 Å². The number of nitrogens with one attached hydrogen (secondary N) is 2. The van der Waals surface area contributed by atoms with Crippen LogP contribution in [0.25, 0.3) is 0 Å². The van der Waals surface area contributed by atoms with Crippen LogP contribution >= 0.6 is 11.6 Å². The van der Waals surface area contributed by atoms with Crippen molar-refractivity contribution in [2.75, 3.05) is 13.1 Å². The summed E-state index contributed by atoms with van der Waals surface area (Å²) in [5.41, 5.74) is -2.27. The minimum absolute atomic E-state index is 0.0103. The molecule has 1 atom stereocenters. The first-order chi connectivity index (χ1) is 16.2. The number of hydrogen-bond acceptors (Lipinski definition) is 4. The summed E-state index contributed by atoms with van der Waals surface area (Å²) in [6.07, 6.45) is -10.0. The number of aryl methyl sites for hydroxylation is 1. The van der Waals surface area contributed by atoms with Gasteiger partial charge in [-0.05, 0) is 42.3 Å². The van der Waals surface area contributed by atoms with E-state index in [9.17, 15) is 35.9 Å². The number of oxime groups is 1. The van der Waals surface area contributed by atoms with E-state index >= 15 is 0 Å². The molecule has 0 saturated heterocycles. The summed E-state index contributed by atoms with van der Waals surface area (Å²) in [5.74, 6) is -1.78. The standard InChI is InChI=1S/C22H18ClF6N3O3/c1-12-7-13(5-6-16(12)19(34)30-10-18(33)31-11-21(24,25)26)17-9-20(35-32-17,22(27,28)29)14-3-2-4-15(23)8-14/h2-8H,9-11H2,1H3,(H,30,34)(H,31,33). The van der Waals surface area contributed by atoms with Crippen molar-refractivity contribution in [1.29, 1.82) is 0 Å². The summed E-state index contributed by atoms with van der Waals surface area (Å²) >= 11 is 5.87. The van der Waals surface area contributed by atoms with Gasteiger partial charge in [-0.1, -0.05) is 35.0 Å². The van der Waals surface area contributed by atoms with Crippen molar-refractivity contribution in [2.45, 2.75) is 31.3 Å². The first kappa shape index (κ1) is 26.3. The van der Waals surface area contributed by atoms with E-state index in [1.165, 1.54) is 43.3 Å². The summed E-state index contributed by atoms with van der Waals surface area (Å²) in [7, 11) is 0. The number of carbonyl (C=O) groups is 2. The Morgan fingerprint density at radius 1 is 1.09 bits per heavy atom. The van der Waals surface area contributed by atoms with Crippen LogP contribution in [0.3, 0.4) is 0 Å². The molecule has 0 fully saturated rings. The normalized spacial score (nSPS) is 18.0. The molecule has 1 heterocycles. The molecule has 1 aliphatic rings. The molecule has 0 aliphatic carbocycles. The quantitative estimate of drug-likeness (QED) is 0.544. The number of rotatable bonds is 6. The molecule has 0 bridgehead atoms. The molecule has 2 aromatic rings. The number of alkyl halides is 6. The highest BCUT2D eigenvalue weighted by Gasteiger charge is 2.62. The van der Waals surface area contributed by atoms with Gasteiger partial charge in [0.25, 0.3) is 11.5 Å². The second-order valence-corrected chi connectivity index (χ2v) is 8.18. The van der Waals surface area contributed by atoms with Gasteiger partial charge in [-0.25, -0.2) is 0 Å². The zero-order valence-corrected chi connectivity index (χ0v) is 18.7. The summed E-state index contributed by atoms with van der Waals surface area (Å²) in [5, 5.41) is 7.56. The lowest BCUT2D eigenvalue weighted by Gasteiger charge is -2.29. The minimum Gasteiger partial charge on any atom is -0.374 e. The molecular weight excluding hydrogens is 504 g/mol. The van der Waals surface area contributed by atoms with E-state index in [4.69, 9.17) is 16.4 Å². The van der Waals surface area contributed by atoms with Crippen molar-refractivity contribution in [3.8, 4) is 0 Å². The van der Waals surface area contributed by atoms with Crippen molar-refractivity contribution >= 4 is 29.1 Å². The highest BCUT2D eigenvalue weighted by atomic mass is 35.5. The van der Waals surface area contributed by atoms with Gasteiger partial charge in [0, 0.05) is 22.6 Å². The number of carbonyl (C=O) groups excluding carboxylic acids is 2.